The zero-order valence-corrected chi connectivity index (χ0v) is 12.6. The van der Waals surface area contributed by atoms with E-state index in [1.54, 1.807) is 0 Å². The number of likely N-dealkylation sites (tertiary alicyclic amines) is 1. The number of rotatable bonds is 3. The summed E-state index contributed by atoms with van der Waals surface area (Å²) < 4.78 is 0. The van der Waals surface area contributed by atoms with Gasteiger partial charge in [-0.3, -0.25) is 4.90 Å². The summed E-state index contributed by atoms with van der Waals surface area (Å²) in [6.45, 7) is 3.83. The molecule has 1 atom stereocenters. The Labute approximate surface area is 122 Å². The Morgan fingerprint density at radius 2 is 2.10 bits per heavy atom. The average Bonchev–Trinajstić information content (AvgIpc) is 2.46. The summed E-state index contributed by atoms with van der Waals surface area (Å²) in [7, 11) is 4.44. The maximum atomic E-state index is 5.38. The van der Waals surface area contributed by atoms with Gasteiger partial charge in [0, 0.05) is 24.7 Å². The highest BCUT2D eigenvalue weighted by Crippen LogP contribution is 2.16. The van der Waals surface area contributed by atoms with Crippen LogP contribution < -0.4 is 5.73 Å². The second kappa shape index (κ2) is 7.44. The first-order chi connectivity index (χ1) is 9.69. The average molecular weight is 271 g/mol. The molecule has 2 rings (SSSR count). The van der Waals surface area contributed by atoms with Gasteiger partial charge in [-0.05, 0) is 51.2 Å². The van der Waals surface area contributed by atoms with Gasteiger partial charge in [0.15, 0.2) is 0 Å². The molecule has 0 amide bonds. The number of hydrogen-bond acceptors (Lipinski definition) is 3. The third-order valence-corrected chi connectivity index (χ3v) is 3.94. The molecule has 1 saturated heterocycles. The van der Waals surface area contributed by atoms with E-state index in [0.29, 0.717) is 12.6 Å². The van der Waals surface area contributed by atoms with Crippen LogP contribution in [0.15, 0.2) is 24.3 Å². The minimum atomic E-state index is 0.416. The van der Waals surface area contributed by atoms with E-state index in [9.17, 15) is 0 Å². The largest absolute Gasteiger partial charge is 0.320 e. The number of nitrogens with zero attached hydrogens (tertiary/aromatic N) is 2. The van der Waals surface area contributed by atoms with Crippen molar-refractivity contribution in [2.45, 2.75) is 25.4 Å². The minimum absolute atomic E-state index is 0.416. The number of benzene rings is 1. The smallest absolute Gasteiger partial charge is 0.0555 e. The molecule has 0 saturated carbocycles. The lowest BCUT2D eigenvalue weighted by Gasteiger charge is -2.35. The normalized spacial score (nSPS) is 19.7. The maximum absolute atomic E-state index is 5.38. The molecule has 3 heteroatoms. The quantitative estimate of drug-likeness (QED) is 0.846. The molecule has 1 fully saturated rings. The Bertz CT molecular complexity index is 469. The minimum Gasteiger partial charge on any atom is -0.320 e. The van der Waals surface area contributed by atoms with Gasteiger partial charge in [-0.1, -0.05) is 24.0 Å². The summed E-state index contributed by atoms with van der Waals surface area (Å²) in [5.74, 6) is 5.94. The van der Waals surface area contributed by atoms with Crippen LogP contribution in [0.3, 0.4) is 0 Å². The molecule has 20 heavy (non-hydrogen) atoms. The zero-order chi connectivity index (χ0) is 14.4. The van der Waals surface area contributed by atoms with Gasteiger partial charge in [-0.25, -0.2) is 0 Å². The first-order valence-corrected chi connectivity index (χ1v) is 7.35. The van der Waals surface area contributed by atoms with E-state index in [4.69, 9.17) is 5.73 Å². The third kappa shape index (κ3) is 4.35. The molecule has 1 heterocycles. The topological polar surface area (TPSA) is 32.5 Å². The van der Waals surface area contributed by atoms with E-state index in [2.05, 4.69) is 60.0 Å². The van der Waals surface area contributed by atoms with Gasteiger partial charge in [0.2, 0.25) is 0 Å². The Hall–Kier alpha value is -1.34. The van der Waals surface area contributed by atoms with Crippen LogP contribution in [0.25, 0.3) is 0 Å². The highest BCUT2D eigenvalue weighted by Gasteiger charge is 2.20. The van der Waals surface area contributed by atoms with Crippen LogP contribution in [0, 0.1) is 11.8 Å². The molecular weight excluding hydrogens is 246 g/mol. The standard InChI is InChI=1S/C17H25N3/c1-19-12-4-6-17(14-19)20(2)13-16-9-7-15(8-10-16)5-3-11-18/h7-10,17H,4,6,11-14,18H2,1-2H3. The number of likely N-dealkylation sites (N-methyl/N-ethyl adjacent to an activating group) is 2. The molecule has 2 N–H and O–H groups in total. The first-order valence-electron chi connectivity index (χ1n) is 7.35. The number of piperidine rings is 1. The fraction of sp³-hybridized carbons (Fsp3) is 0.529. The van der Waals surface area contributed by atoms with Crippen molar-refractivity contribution in [3.8, 4) is 11.8 Å². The molecule has 1 aromatic rings. The molecule has 0 bridgehead atoms. The van der Waals surface area contributed by atoms with E-state index in [1.165, 1.54) is 31.5 Å². The molecule has 0 aromatic heterocycles. The van der Waals surface area contributed by atoms with Gasteiger partial charge in [0.05, 0.1) is 6.54 Å². The van der Waals surface area contributed by atoms with Gasteiger partial charge in [0.1, 0.15) is 0 Å². The van der Waals surface area contributed by atoms with Crippen molar-refractivity contribution in [3.63, 3.8) is 0 Å². The van der Waals surface area contributed by atoms with Gasteiger partial charge >= 0.3 is 0 Å². The van der Waals surface area contributed by atoms with Crippen molar-refractivity contribution in [1.82, 2.24) is 9.80 Å². The van der Waals surface area contributed by atoms with Crippen LogP contribution >= 0.6 is 0 Å². The van der Waals surface area contributed by atoms with Gasteiger partial charge in [0.25, 0.3) is 0 Å². The molecule has 1 unspecified atom stereocenters. The van der Waals surface area contributed by atoms with Crippen molar-refractivity contribution >= 4 is 0 Å². The lowest BCUT2D eigenvalue weighted by atomic mass is 10.0. The molecule has 3 nitrogen and oxygen atoms in total. The van der Waals surface area contributed by atoms with Crippen molar-refractivity contribution in [1.29, 1.82) is 0 Å². The molecule has 1 aliphatic rings. The van der Waals surface area contributed by atoms with E-state index in [0.717, 1.165) is 12.1 Å². The van der Waals surface area contributed by atoms with E-state index in [1.807, 2.05) is 0 Å². The Balaban J connectivity index is 1.92. The highest BCUT2D eigenvalue weighted by atomic mass is 15.2. The van der Waals surface area contributed by atoms with Crippen molar-refractivity contribution in [3.05, 3.63) is 35.4 Å². The SMILES string of the molecule is CN1CCCC(N(C)Cc2ccc(C#CCN)cc2)C1. The monoisotopic (exact) mass is 271 g/mol. The molecule has 108 valence electrons. The molecule has 1 aliphatic heterocycles. The summed E-state index contributed by atoms with van der Waals surface area (Å²) in [5.41, 5.74) is 7.77. The van der Waals surface area contributed by atoms with Crippen LogP contribution in [-0.2, 0) is 6.54 Å². The lowest BCUT2D eigenvalue weighted by Crippen LogP contribution is -2.44. The number of nitrogens with two attached hydrogens (primary N) is 1. The summed E-state index contributed by atoms with van der Waals surface area (Å²) in [5, 5.41) is 0. The second-order valence-electron chi connectivity index (χ2n) is 5.68. The van der Waals surface area contributed by atoms with E-state index < -0.39 is 0 Å². The van der Waals surface area contributed by atoms with Crippen LogP contribution in [0.5, 0.6) is 0 Å². The van der Waals surface area contributed by atoms with Crippen LogP contribution in [0.4, 0.5) is 0 Å². The number of hydrogen-bond donors (Lipinski definition) is 1. The Morgan fingerprint density at radius 1 is 1.35 bits per heavy atom. The van der Waals surface area contributed by atoms with Gasteiger partial charge in [-0.15, -0.1) is 0 Å². The van der Waals surface area contributed by atoms with Gasteiger partial charge in [-0.2, -0.15) is 0 Å². The maximum Gasteiger partial charge on any atom is 0.0555 e. The molecular formula is C17H25N3. The van der Waals surface area contributed by atoms with Crippen LogP contribution in [0.1, 0.15) is 24.0 Å². The molecule has 0 radical (unpaired) electrons. The summed E-state index contributed by atoms with van der Waals surface area (Å²) in [6, 6.07) is 9.18. The molecule has 0 spiro atoms. The predicted octanol–water partition coefficient (Wildman–Crippen LogP) is 1.52. The first kappa shape index (κ1) is 15.1. The van der Waals surface area contributed by atoms with E-state index >= 15 is 0 Å². The van der Waals surface area contributed by atoms with Gasteiger partial charge < -0.3 is 10.6 Å². The summed E-state index contributed by atoms with van der Waals surface area (Å²) in [4.78, 5) is 4.90. The molecule has 1 aromatic carbocycles. The highest BCUT2D eigenvalue weighted by molar-refractivity contribution is 5.36. The fourth-order valence-corrected chi connectivity index (χ4v) is 2.76. The Kier molecular flexibility index (Phi) is 5.60. The second-order valence-corrected chi connectivity index (χ2v) is 5.68. The predicted molar refractivity (Wildman–Crippen MR) is 84.4 cm³/mol. The van der Waals surface area contributed by atoms with Crippen molar-refractivity contribution < 1.29 is 0 Å². The Morgan fingerprint density at radius 3 is 2.75 bits per heavy atom. The lowest BCUT2D eigenvalue weighted by molar-refractivity contribution is 0.129. The third-order valence-electron chi connectivity index (χ3n) is 3.94. The van der Waals surface area contributed by atoms with Crippen molar-refractivity contribution in [2.24, 2.45) is 5.73 Å². The van der Waals surface area contributed by atoms with E-state index in [-0.39, 0.29) is 0 Å². The molecule has 0 aliphatic carbocycles. The fourth-order valence-electron chi connectivity index (χ4n) is 2.76. The van der Waals surface area contributed by atoms with Crippen molar-refractivity contribution in [2.75, 3.05) is 33.7 Å². The summed E-state index contributed by atoms with van der Waals surface area (Å²) >= 11 is 0. The summed E-state index contributed by atoms with van der Waals surface area (Å²) in [6.07, 6.45) is 2.61. The zero-order valence-electron chi connectivity index (χ0n) is 12.6. The van der Waals surface area contributed by atoms with Crippen LogP contribution in [-0.4, -0.2) is 49.6 Å². The van der Waals surface area contributed by atoms with Crippen LogP contribution in [0.2, 0.25) is 0 Å².